The monoisotopic (exact) mass is 279 g/mol. The zero-order chi connectivity index (χ0) is 14.4. The quantitative estimate of drug-likeness (QED) is 0.865. The number of nitrogens with one attached hydrogen (secondary N) is 1. The van der Waals surface area contributed by atoms with Crippen LogP contribution in [0.2, 0.25) is 0 Å². The molecule has 0 radical (unpaired) electrons. The van der Waals surface area contributed by atoms with E-state index in [1.807, 2.05) is 0 Å². The first-order valence-electron chi connectivity index (χ1n) is 8.07. The minimum Gasteiger partial charge on any atom is -0.310 e. The van der Waals surface area contributed by atoms with Crippen molar-refractivity contribution in [1.82, 2.24) is 25.0 Å². The minimum absolute atomic E-state index is 0.270. The highest BCUT2D eigenvalue weighted by Gasteiger charge is 2.30. The molecule has 2 rings (SSSR count). The van der Waals surface area contributed by atoms with Gasteiger partial charge in [0.1, 0.15) is 12.2 Å². The molecule has 1 aromatic rings. The molecule has 1 aromatic heterocycles. The first-order chi connectivity index (χ1) is 9.73. The molecule has 2 heterocycles. The van der Waals surface area contributed by atoms with Crippen molar-refractivity contribution in [3.63, 3.8) is 0 Å². The van der Waals surface area contributed by atoms with Gasteiger partial charge >= 0.3 is 0 Å². The first kappa shape index (κ1) is 15.4. The Kier molecular flexibility index (Phi) is 5.54. The second-order valence-electron chi connectivity index (χ2n) is 5.88. The summed E-state index contributed by atoms with van der Waals surface area (Å²) in [6.07, 6.45) is 6.37. The first-order valence-corrected chi connectivity index (χ1v) is 8.07. The lowest BCUT2D eigenvalue weighted by molar-refractivity contribution is 0.185. The Morgan fingerprint density at radius 2 is 2.10 bits per heavy atom. The molecule has 0 bridgehead atoms. The van der Waals surface area contributed by atoms with Crippen LogP contribution in [0, 0.1) is 0 Å². The molecule has 0 unspecified atom stereocenters. The van der Waals surface area contributed by atoms with Crippen LogP contribution in [0.4, 0.5) is 0 Å². The van der Waals surface area contributed by atoms with E-state index in [-0.39, 0.29) is 5.54 Å². The Hall–Kier alpha value is -0.940. The van der Waals surface area contributed by atoms with Crippen LogP contribution in [-0.4, -0.2) is 44.8 Å². The van der Waals surface area contributed by atoms with E-state index in [9.17, 15) is 0 Å². The van der Waals surface area contributed by atoms with Gasteiger partial charge in [-0.3, -0.25) is 4.90 Å². The van der Waals surface area contributed by atoms with Crippen LogP contribution < -0.4 is 5.32 Å². The lowest BCUT2D eigenvalue weighted by Crippen LogP contribution is -2.50. The number of nitrogens with zero attached hydrogens (tertiary/aromatic N) is 4. The Balaban J connectivity index is 2.05. The molecule has 1 saturated heterocycles. The zero-order valence-electron chi connectivity index (χ0n) is 13.2. The van der Waals surface area contributed by atoms with Gasteiger partial charge in [-0.1, -0.05) is 20.8 Å². The summed E-state index contributed by atoms with van der Waals surface area (Å²) in [7, 11) is 0. The van der Waals surface area contributed by atoms with Crippen molar-refractivity contribution in [2.75, 3.05) is 19.6 Å². The average Bonchev–Trinajstić information content (AvgIpc) is 2.78. The van der Waals surface area contributed by atoms with E-state index >= 15 is 0 Å². The van der Waals surface area contributed by atoms with Gasteiger partial charge in [0.2, 0.25) is 0 Å². The molecule has 1 fully saturated rings. The van der Waals surface area contributed by atoms with Gasteiger partial charge < -0.3 is 5.32 Å². The maximum absolute atomic E-state index is 4.45. The molecule has 20 heavy (non-hydrogen) atoms. The normalized spacial score (nSPS) is 19.9. The predicted octanol–water partition coefficient (Wildman–Crippen LogP) is 2.04. The van der Waals surface area contributed by atoms with Gasteiger partial charge in [0.05, 0.1) is 6.54 Å². The third-order valence-corrected chi connectivity index (χ3v) is 4.53. The van der Waals surface area contributed by atoms with Crippen LogP contribution in [0.3, 0.4) is 0 Å². The molecular weight excluding hydrogens is 250 g/mol. The van der Waals surface area contributed by atoms with E-state index in [2.05, 4.69) is 45.8 Å². The zero-order valence-corrected chi connectivity index (χ0v) is 13.2. The number of aryl methyl sites for hydroxylation is 1. The lowest BCUT2D eigenvalue weighted by Gasteiger charge is -2.35. The number of rotatable bonds is 6. The van der Waals surface area contributed by atoms with Crippen molar-refractivity contribution in [3.05, 3.63) is 12.2 Å². The molecular formula is C15H29N5. The van der Waals surface area contributed by atoms with Gasteiger partial charge in [-0.05, 0) is 38.8 Å². The SMILES string of the molecule is CCCn1ncnc1CN1CCCNC(CC)(CC)C1. The van der Waals surface area contributed by atoms with Crippen molar-refractivity contribution in [1.29, 1.82) is 0 Å². The van der Waals surface area contributed by atoms with Crippen molar-refractivity contribution >= 4 is 0 Å². The fourth-order valence-electron chi connectivity index (χ4n) is 3.09. The summed E-state index contributed by atoms with van der Waals surface area (Å²) < 4.78 is 2.05. The van der Waals surface area contributed by atoms with Gasteiger partial charge in [-0.2, -0.15) is 5.10 Å². The molecule has 114 valence electrons. The number of hydrogen-bond acceptors (Lipinski definition) is 4. The minimum atomic E-state index is 0.270. The molecule has 5 nitrogen and oxygen atoms in total. The summed E-state index contributed by atoms with van der Waals surface area (Å²) in [5.74, 6) is 1.11. The summed E-state index contributed by atoms with van der Waals surface area (Å²) >= 11 is 0. The van der Waals surface area contributed by atoms with Crippen molar-refractivity contribution in [2.45, 2.75) is 65.1 Å². The van der Waals surface area contributed by atoms with Crippen LogP contribution in [0.1, 0.15) is 52.3 Å². The maximum atomic E-state index is 4.45. The third kappa shape index (κ3) is 3.58. The molecule has 0 aliphatic carbocycles. The molecule has 0 saturated carbocycles. The highest BCUT2D eigenvalue weighted by Crippen LogP contribution is 2.20. The van der Waals surface area contributed by atoms with Crippen LogP contribution >= 0.6 is 0 Å². The van der Waals surface area contributed by atoms with E-state index in [1.54, 1.807) is 6.33 Å². The topological polar surface area (TPSA) is 46.0 Å². The van der Waals surface area contributed by atoms with E-state index < -0.39 is 0 Å². The summed E-state index contributed by atoms with van der Waals surface area (Å²) in [5, 5.41) is 8.09. The van der Waals surface area contributed by atoms with E-state index in [4.69, 9.17) is 0 Å². The molecule has 1 aliphatic heterocycles. The highest BCUT2D eigenvalue weighted by atomic mass is 15.3. The van der Waals surface area contributed by atoms with Crippen molar-refractivity contribution in [3.8, 4) is 0 Å². The highest BCUT2D eigenvalue weighted by molar-refractivity contribution is 4.93. The lowest BCUT2D eigenvalue weighted by atomic mass is 9.92. The van der Waals surface area contributed by atoms with E-state index in [0.29, 0.717) is 0 Å². The molecule has 0 amide bonds. The van der Waals surface area contributed by atoms with E-state index in [0.717, 1.165) is 45.0 Å². The Morgan fingerprint density at radius 1 is 1.30 bits per heavy atom. The van der Waals surface area contributed by atoms with Gasteiger partial charge in [0, 0.05) is 18.6 Å². The third-order valence-electron chi connectivity index (χ3n) is 4.53. The molecule has 1 N–H and O–H groups in total. The van der Waals surface area contributed by atoms with Crippen LogP contribution in [0.5, 0.6) is 0 Å². The van der Waals surface area contributed by atoms with Crippen molar-refractivity contribution < 1.29 is 0 Å². The molecule has 0 spiro atoms. The standard InChI is InChI=1S/C15H29N5/c1-4-9-20-14(16-13-18-20)11-19-10-7-8-17-15(5-2,6-3)12-19/h13,17H,4-12H2,1-3H3. The fraction of sp³-hybridized carbons (Fsp3) is 0.867. The summed E-state index contributed by atoms with van der Waals surface area (Å²) in [6.45, 7) is 12.0. The molecule has 1 aliphatic rings. The second-order valence-corrected chi connectivity index (χ2v) is 5.88. The Bertz CT molecular complexity index is 397. The number of aromatic nitrogens is 3. The summed E-state index contributed by atoms with van der Waals surface area (Å²) in [4.78, 5) is 6.99. The average molecular weight is 279 g/mol. The largest absolute Gasteiger partial charge is 0.310 e. The van der Waals surface area contributed by atoms with Crippen LogP contribution in [0.25, 0.3) is 0 Å². The van der Waals surface area contributed by atoms with E-state index in [1.165, 1.54) is 19.3 Å². The van der Waals surface area contributed by atoms with Gasteiger partial charge in [0.25, 0.3) is 0 Å². The fourth-order valence-corrected chi connectivity index (χ4v) is 3.09. The number of hydrogen-bond donors (Lipinski definition) is 1. The van der Waals surface area contributed by atoms with Gasteiger partial charge in [-0.25, -0.2) is 9.67 Å². The summed E-state index contributed by atoms with van der Waals surface area (Å²) in [6, 6.07) is 0. The summed E-state index contributed by atoms with van der Waals surface area (Å²) in [5.41, 5.74) is 0.270. The smallest absolute Gasteiger partial charge is 0.141 e. The molecule has 0 atom stereocenters. The second kappa shape index (κ2) is 7.18. The van der Waals surface area contributed by atoms with Crippen molar-refractivity contribution in [2.24, 2.45) is 0 Å². The van der Waals surface area contributed by atoms with Gasteiger partial charge in [0.15, 0.2) is 0 Å². The van der Waals surface area contributed by atoms with Gasteiger partial charge in [-0.15, -0.1) is 0 Å². The van der Waals surface area contributed by atoms with Crippen LogP contribution in [-0.2, 0) is 13.1 Å². The Morgan fingerprint density at radius 3 is 2.80 bits per heavy atom. The molecule has 0 aromatic carbocycles. The maximum Gasteiger partial charge on any atom is 0.141 e. The Labute approximate surface area is 122 Å². The molecule has 5 heteroatoms. The predicted molar refractivity (Wildman–Crippen MR) is 81.5 cm³/mol. The van der Waals surface area contributed by atoms with Crippen LogP contribution in [0.15, 0.2) is 6.33 Å².